The summed E-state index contributed by atoms with van der Waals surface area (Å²) in [7, 11) is 0. The molecular weight excluding hydrogens is 417 g/mol. The summed E-state index contributed by atoms with van der Waals surface area (Å²) in [4.78, 5) is 41.4. The fraction of sp³-hybridized carbons (Fsp3) is 0.600. The second-order valence-corrected chi connectivity index (χ2v) is 8.82. The van der Waals surface area contributed by atoms with Crippen LogP contribution in [0.4, 0.5) is 18.0 Å². The number of alkyl halides is 3. The van der Waals surface area contributed by atoms with E-state index >= 15 is 0 Å². The van der Waals surface area contributed by atoms with Crippen LogP contribution in [0, 0.1) is 11.3 Å². The molecule has 3 fully saturated rings. The molecule has 1 spiro atoms. The minimum atomic E-state index is -4.41. The van der Waals surface area contributed by atoms with Gasteiger partial charge in [-0.3, -0.25) is 14.5 Å². The number of carbonyl (C=O) groups excluding carboxylic acids is 3. The summed E-state index contributed by atoms with van der Waals surface area (Å²) < 4.78 is 44.2. The second-order valence-electron chi connectivity index (χ2n) is 8.82. The Morgan fingerprint density at radius 1 is 1.35 bits per heavy atom. The number of pyridine rings is 1. The number of amides is 4. The molecule has 4 rings (SSSR count). The summed E-state index contributed by atoms with van der Waals surface area (Å²) in [5.74, 6) is -2.72. The molecule has 168 valence electrons. The number of nitrogens with zero attached hydrogens (tertiary/aromatic N) is 2. The largest absolute Gasteiger partial charge is 0.474 e. The zero-order valence-electron chi connectivity index (χ0n) is 16.8. The van der Waals surface area contributed by atoms with Gasteiger partial charge in [-0.1, -0.05) is 6.92 Å². The van der Waals surface area contributed by atoms with Crippen molar-refractivity contribution in [3.05, 3.63) is 23.9 Å². The van der Waals surface area contributed by atoms with Crippen molar-refractivity contribution >= 4 is 17.8 Å². The lowest BCUT2D eigenvalue weighted by Crippen LogP contribution is -2.60. The highest BCUT2D eigenvalue weighted by Gasteiger charge is 2.59. The van der Waals surface area contributed by atoms with Gasteiger partial charge in [0.2, 0.25) is 5.88 Å². The normalized spacial score (nSPS) is 31.1. The molecule has 4 amide bonds. The summed E-state index contributed by atoms with van der Waals surface area (Å²) in [6, 6.07) is 1.03. The number of urea groups is 1. The molecule has 0 unspecified atom stereocenters. The van der Waals surface area contributed by atoms with Crippen LogP contribution in [0.1, 0.15) is 49.4 Å². The Morgan fingerprint density at radius 3 is 2.65 bits per heavy atom. The summed E-state index contributed by atoms with van der Waals surface area (Å²) in [6.45, 7) is 1.00. The number of halogens is 3. The first-order chi connectivity index (χ1) is 14.5. The highest BCUT2D eigenvalue weighted by atomic mass is 19.4. The van der Waals surface area contributed by atoms with E-state index < -0.39 is 42.4 Å². The van der Waals surface area contributed by atoms with Crippen molar-refractivity contribution in [1.29, 1.82) is 0 Å². The van der Waals surface area contributed by atoms with Crippen molar-refractivity contribution in [3.63, 3.8) is 0 Å². The molecular formula is C20H23F3N4O4. The first-order valence-electron chi connectivity index (χ1n) is 10.1. The van der Waals surface area contributed by atoms with Crippen molar-refractivity contribution in [1.82, 2.24) is 15.2 Å². The highest BCUT2D eigenvalue weighted by Crippen LogP contribution is 2.58. The van der Waals surface area contributed by atoms with Gasteiger partial charge >= 0.3 is 12.2 Å². The quantitative estimate of drug-likeness (QED) is 0.660. The molecule has 31 heavy (non-hydrogen) atoms. The van der Waals surface area contributed by atoms with Crippen molar-refractivity contribution in [2.75, 3.05) is 0 Å². The van der Waals surface area contributed by atoms with Crippen LogP contribution in [0.2, 0.25) is 0 Å². The lowest BCUT2D eigenvalue weighted by molar-refractivity contribution is -0.173. The van der Waals surface area contributed by atoms with Crippen LogP contribution >= 0.6 is 0 Å². The summed E-state index contributed by atoms with van der Waals surface area (Å²) >= 11 is 0. The number of rotatable bonds is 6. The van der Waals surface area contributed by atoms with E-state index in [2.05, 4.69) is 10.3 Å². The van der Waals surface area contributed by atoms with Gasteiger partial charge < -0.3 is 15.8 Å². The molecule has 2 heterocycles. The molecule has 0 radical (unpaired) electrons. The lowest BCUT2D eigenvalue weighted by Gasteiger charge is -2.58. The highest BCUT2D eigenvalue weighted by molar-refractivity contribution is 6.04. The van der Waals surface area contributed by atoms with Crippen molar-refractivity contribution in [2.45, 2.75) is 63.4 Å². The molecule has 1 aliphatic heterocycles. The van der Waals surface area contributed by atoms with Crippen molar-refractivity contribution < 1.29 is 32.3 Å². The number of hydrogen-bond donors (Lipinski definition) is 2. The molecule has 1 aromatic rings. The molecule has 0 aromatic carbocycles. The minimum Gasteiger partial charge on any atom is -0.474 e. The number of nitrogens with one attached hydrogen (secondary N) is 1. The Balaban J connectivity index is 1.30. The monoisotopic (exact) mass is 440 g/mol. The van der Waals surface area contributed by atoms with Crippen molar-refractivity contribution in [2.24, 2.45) is 17.1 Å². The van der Waals surface area contributed by atoms with Crippen LogP contribution in [-0.2, 0) is 4.79 Å². The molecule has 0 bridgehead atoms. The van der Waals surface area contributed by atoms with E-state index in [1.54, 1.807) is 6.07 Å². The third-order valence-electron chi connectivity index (χ3n) is 6.54. The predicted molar refractivity (Wildman–Crippen MR) is 101 cm³/mol. The Hall–Kier alpha value is -2.85. The van der Waals surface area contributed by atoms with Gasteiger partial charge in [0, 0.05) is 12.2 Å². The van der Waals surface area contributed by atoms with Gasteiger partial charge in [-0.2, -0.15) is 13.2 Å². The molecule has 11 heteroatoms. The average Bonchev–Trinajstić information content (AvgIpc) is 2.89. The smallest absolute Gasteiger partial charge is 0.391 e. The van der Waals surface area contributed by atoms with Gasteiger partial charge in [-0.05, 0) is 49.7 Å². The third-order valence-corrected chi connectivity index (χ3v) is 6.54. The predicted octanol–water partition coefficient (Wildman–Crippen LogP) is 2.38. The Labute approximate surface area is 176 Å². The summed E-state index contributed by atoms with van der Waals surface area (Å²) in [5, 5.41) is 2.39. The van der Waals surface area contributed by atoms with Gasteiger partial charge in [-0.15, -0.1) is 0 Å². The van der Waals surface area contributed by atoms with E-state index in [1.807, 2.05) is 0 Å². The number of carbonyl (C=O) groups is 3. The number of hydrogen-bond acceptors (Lipinski definition) is 5. The van der Waals surface area contributed by atoms with E-state index in [4.69, 9.17) is 10.5 Å². The average molecular weight is 440 g/mol. The number of nitrogens with two attached hydrogens (primary N) is 1. The van der Waals surface area contributed by atoms with Crippen LogP contribution < -0.4 is 15.8 Å². The first kappa shape index (κ1) is 21.4. The number of ether oxygens (including phenoxy) is 1. The fourth-order valence-electron chi connectivity index (χ4n) is 4.82. The van der Waals surface area contributed by atoms with E-state index in [1.165, 1.54) is 12.3 Å². The van der Waals surface area contributed by atoms with E-state index in [0.717, 1.165) is 11.8 Å². The van der Waals surface area contributed by atoms with E-state index in [-0.39, 0.29) is 29.0 Å². The standard InChI is InChI=1S/C20H23F3N4O4/c1-10(20(21,22)23)5-14-17(29)27(18(30)26-14)11-6-19(7-11)8-12(9-19)31-16-13(15(24)28)3-2-4-25-16/h2-4,10-12,14H,5-9H2,1H3,(H2,24,28)(H,26,30)/t10-,11?,12?,14+,19?/m1/s1. The maximum absolute atomic E-state index is 12.8. The van der Waals surface area contributed by atoms with Gasteiger partial charge in [0.05, 0.1) is 5.92 Å². The van der Waals surface area contributed by atoms with Gasteiger partial charge in [0.15, 0.2) is 0 Å². The lowest BCUT2D eigenvalue weighted by atomic mass is 9.52. The Kier molecular flexibility index (Phi) is 5.09. The van der Waals surface area contributed by atoms with Crippen LogP contribution in [0.5, 0.6) is 5.88 Å². The first-order valence-corrected chi connectivity index (χ1v) is 10.1. The summed E-state index contributed by atoms with van der Waals surface area (Å²) in [5.41, 5.74) is 5.45. The fourth-order valence-corrected chi connectivity index (χ4v) is 4.82. The van der Waals surface area contributed by atoms with E-state index in [0.29, 0.717) is 25.7 Å². The van der Waals surface area contributed by atoms with Crippen molar-refractivity contribution in [3.8, 4) is 5.88 Å². The Bertz CT molecular complexity index is 908. The molecule has 2 atom stereocenters. The zero-order chi connectivity index (χ0) is 22.6. The molecule has 2 saturated carbocycles. The number of aromatic nitrogens is 1. The van der Waals surface area contributed by atoms with Crippen LogP contribution in [0.25, 0.3) is 0 Å². The van der Waals surface area contributed by atoms with Gasteiger partial charge in [0.1, 0.15) is 17.7 Å². The van der Waals surface area contributed by atoms with Crippen LogP contribution in [-0.4, -0.2) is 52.1 Å². The molecule has 3 aliphatic rings. The number of primary amides is 1. The Morgan fingerprint density at radius 2 is 2.03 bits per heavy atom. The van der Waals surface area contributed by atoms with Crippen LogP contribution in [0.15, 0.2) is 18.3 Å². The third kappa shape index (κ3) is 3.92. The van der Waals surface area contributed by atoms with Crippen LogP contribution in [0.3, 0.4) is 0 Å². The van der Waals surface area contributed by atoms with Gasteiger partial charge in [-0.25, -0.2) is 9.78 Å². The zero-order valence-corrected chi connectivity index (χ0v) is 16.8. The maximum Gasteiger partial charge on any atom is 0.391 e. The topological polar surface area (TPSA) is 115 Å². The second kappa shape index (κ2) is 7.38. The van der Waals surface area contributed by atoms with E-state index in [9.17, 15) is 27.6 Å². The molecule has 1 saturated heterocycles. The molecule has 3 N–H and O–H groups in total. The molecule has 1 aromatic heterocycles. The summed E-state index contributed by atoms with van der Waals surface area (Å²) in [6.07, 6.45) is -1.02. The van der Waals surface area contributed by atoms with Gasteiger partial charge in [0.25, 0.3) is 11.8 Å². The maximum atomic E-state index is 12.8. The number of imide groups is 1. The molecule has 8 nitrogen and oxygen atoms in total. The minimum absolute atomic E-state index is 0.0745. The molecule has 2 aliphatic carbocycles. The SMILES string of the molecule is C[C@H](C[C@@H]1NC(=O)N(C2CC3(CC(Oc4ncccc4C(N)=O)C3)C2)C1=O)C(F)(F)F.